The van der Waals surface area contributed by atoms with E-state index in [4.69, 9.17) is 5.11 Å². The summed E-state index contributed by atoms with van der Waals surface area (Å²) in [4.78, 5) is 27.3. The Morgan fingerprint density at radius 2 is 1.85 bits per heavy atom. The van der Waals surface area contributed by atoms with Crippen molar-refractivity contribution in [2.24, 2.45) is 5.92 Å². The molecule has 0 saturated carbocycles. The van der Waals surface area contributed by atoms with Gasteiger partial charge in [0.05, 0.1) is 11.6 Å². The number of carboxylic acid groups (broad SMARTS) is 1. The molecule has 1 aromatic carbocycles. The number of anilines is 1. The fourth-order valence-electron chi connectivity index (χ4n) is 4.03. The molecule has 27 heavy (non-hydrogen) atoms. The number of hydrogen-bond acceptors (Lipinski definition) is 3. The highest BCUT2D eigenvalue weighted by atomic mass is 19.4. The molecule has 2 fully saturated rings. The minimum absolute atomic E-state index is 0.0892. The van der Waals surface area contributed by atoms with Crippen LogP contribution in [0.15, 0.2) is 24.3 Å². The van der Waals surface area contributed by atoms with Crippen molar-refractivity contribution in [3.05, 3.63) is 29.8 Å². The molecule has 0 spiro atoms. The molecule has 2 atom stereocenters. The fraction of sp³-hybridized carbons (Fsp3) is 0.579. The van der Waals surface area contributed by atoms with Crippen molar-refractivity contribution in [3.63, 3.8) is 0 Å². The standard InChI is InChI=1S/C19H23F3N2O3/c20-19(21,22)14-4-6-15(7-5-14)24-11-9-16(18(24)27)23-10-1-2-13(12-23)3-8-17(25)26/h4-7,13,16H,1-3,8-12H2,(H,25,26). The molecule has 1 amide bonds. The number of piperidine rings is 1. The van der Waals surface area contributed by atoms with E-state index >= 15 is 0 Å². The zero-order valence-corrected chi connectivity index (χ0v) is 14.9. The van der Waals surface area contributed by atoms with E-state index in [1.165, 1.54) is 12.1 Å². The maximum atomic E-state index is 12.8. The molecule has 2 saturated heterocycles. The van der Waals surface area contributed by atoms with Crippen molar-refractivity contribution >= 4 is 17.6 Å². The van der Waals surface area contributed by atoms with E-state index in [2.05, 4.69) is 4.90 Å². The zero-order chi connectivity index (χ0) is 19.6. The summed E-state index contributed by atoms with van der Waals surface area (Å²) in [7, 11) is 0. The van der Waals surface area contributed by atoms with E-state index in [-0.39, 0.29) is 24.3 Å². The first-order valence-corrected chi connectivity index (χ1v) is 9.20. The minimum atomic E-state index is -4.39. The Morgan fingerprint density at radius 1 is 1.15 bits per heavy atom. The second kappa shape index (κ2) is 7.88. The van der Waals surface area contributed by atoms with Crippen LogP contribution in [0.4, 0.5) is 18.9 Å². The van der Waals surface area contributed by atoms with Gasteiger partial charge in [-0.3, -0.25) is 14.5 Å². The van der Waals surface area contributed by atoms with Crippen molar-refractivity contribution in [1.29, 1.82) is 0 Å². The maximum Gasteiger partial charge on any atom is 0.416 e. The lowest BCUT2D eigenvalue weighted by Gasteiger charge is -2.35. The van der Waals surface area contributed by atoms with Crippen LogP contribution < -0.4 is 4.90 Å². The molecule has 0 bridgehead atoms. The number of carboxylic acids is 1. The summed E-state index contributed by atoms with van der Waals surface area (Å²) < 4.78 is 38.1. The van der Waals surface area contributed by atoms with Crippen LogP contribution >= 0.6 is 0 Å². The van der Waals surface area contributed by atoms with E-state index in [1.54, 1.807) is 4.90 Å². The lowest BCUT2D eigenvalue weighted by molar-refractivity contribution is -0.138. The second-order valence-electron chi connectivity index (χ2n) is 7.27. The Labute approximate surface area is 155 Å². The smallest absolute Gasteiger partial charge is 0.416 e. The normalized spacial score (nSPS) is 24.4. The van der Waals surface area contributed by atoms with Crippen molar-refractivity contribution < 1.29 is 27.9 Å². The lowest BCUT2D eigenvalue weighted by atomic mass is 9.92. The number of nitrogens with zero attached hydrogens (tertiary/aromatic N) is 2. The highest BCUT2D eigenvalue weighted by molar-refractivity contribution is 5.99. The number of alkyl halides is 3. The number of carbonyl (C=O) groups excluding carboxylic acids is 1. The highest BCUT2D eigenvalue weighted by Crippen LogP contribution is 2.33. The zero-order valence-electron chi connectivity index (χ0n) is 14.9. The van der Waals surface area contributed by atoms with E-state index in [9.17, 15) is 22.8 Å². The van der Waals surface area contributed by atoms with Gasteiger partial charge in [0.2, 0.25) is 5.91 Å². The fourth-order valence-corrected chi connectivity index (χ4v) is 4.03. The van der Waals surface area contributed by atoms with Crippen LogP contribution in [0.2, 0.25) is 0 Å². The first-order chi connectivity index (χ1) is 12.8. The third-order valence-electron chi connectivity index (χ3n) is 5.44. The lowest BCUT2D eigenvalue weighted by Crippen LogP contribution is -2.46. The van der Waals surface area contributed by atoms with Gasteiger partial charge in [-0.05, 0) is 62.4 Å². The van der Waals surface area contributed by atoms with Crippen molar-refractivity contribution in [2.45, 2.75) is 44.3 Å². The first-order valence-electron chi connectivity index (χ1n) is 9.20. The molecule has 2 aliphatic rings. The number of hydrogen-bond donors (Lipinski definition) is 1. The van der Waals surface area contributed by atoms with Gasteiger partial charge in [0.15, 0.2) is 0 Å². The molecule has 0 radical (unpaired) electrons. The highest BCUT2D eigenvalue weighted by Gasteiger charge is 2.38. The van der Waals surface area contributed by atoms with E-state index in [1.807, 2.05) is 0 Å². The van der Waals surface area contributed by atoms with Crippen LogP contribution in [0.3, 0.4) is 0 Å². The van der Waals surface area contributed by atoms with Crippen molar-refractivity contribution in [2.75, 3.05) is 24.5 Å². The molecular formula is C19H23F3N2O3. The van der Waals surface area contributed by atoms with Crippen LogP contribution in [-0.2, 0) is 15.8 Å². The molecular weight excluding hydrogens is 361 g/mol. The molecule has 1 aromatic rings. The SMILES string of the molecule is O=C(O)CCC1CCCN(C2CCN(c3ccc(C(F)(F)F)cc3)C2=O)C1. The Balaban J connectivity index is 1.63. The summed E-state index contributed by atoms with van der Waals surface area (Å²) in [5.74, 6) is -0.631. The number of carbonyl (C=O) groups is 2. The molecule has 3 rings (SSSR count). The van der Waals surface area contributed by atoms with Gasteiger partial charge in [0, 0.05) is 25.2 Å². The minimum Gasteiger partial charge on any atom is -0.481 e. The molecule has 2 heterocycles. The Hall–Kier alpha value is -2.09. The Kier molecular flexibility index (Phi) is 5.74. The van der Waals surface area contributed by atoms with E-state index in [0.717, 1.165) is 31.5 Å². The molecule has 2 unspecified atom stereocenters. The van der Waals surface area contributed by atoms with Gasteiger partial charge < -0.3 is 10.0 Å². The predicted octanol–water partition coefficient (Wildman–Crippen LogP) is 3.39. The van der Waals surface area contributed by atoms with Crippen LogP contribution in [0, 0.1) is 5.92 Å². The van der Waals surface area contributed by atoms with Gasteiger partial charge in [0.25, 0.3) is 0 Å². The van der Waals surface area contributed by atoms with Gasteiger partial charge in [-0.15, -0.1) is 0 Å². The third-order valence-corrected chi connectivity index (χ3v) is 5.44. The number of aliphatic carboxylic acids is 1. The molecule has 8 heteroatoms. The second-order valence-corrected chi connectivity index (χ2v) is 7.27. The van der Waals surface area contributed by atoms with Gasteiger partial charge in [0.1, 0.15) is 0 Å². The van der Waals surface area contributed by atoms with E-state index in [0.29, 0.717) is 31.6 Å². The average molecular weight is 384 g/mol. The van der Waals surface area contributed by atoms with Gasteiger partial charge >= 0.3 is 12.1 Å². The number of benzene rings is 1. The summed E-state index contributed by atoms with van der Waals surface area (Å²) in [6.45, 7) is 1.97. The monoisotopic (exact) mass is 384 g/mol. The number of halogens is 3. The van der Waals surface area contributed by atoms with Crippen molar-refractivity contribution in [1.82, 2.24) is 4.90 Å². The Morgan fingerprint density at radius 3 is 2.48 bits per heavy atom. The summed E-state index contributed by atoms with van der Waals surface area (Å²) in [5.41, 5.74) is -0.248. The van der Waals surface area contributed by atoms with Crippen LogP contribution in [0.5, 0.6) is 0 Å². The Bertz CT molecular complexity index is 690. The maximum absolute atomic E-state index is 12.8. The average Bonchev–Trinajstić information content (AvgIpc) is 3.01. The molecule has 1 N–H and O–H groups in total. The number of likely N-dealkylation sites (tertiary alicyclic amines) is 1. The van der Waals surface area contributed by atoms with Gasteiger partial charge in [-0.25, -0.2) is 0 Å². The largest absolute Gasteiger partial charge is 0.481 e. The topological polar surface area (TPSA) is 60.9 Å². The molecule has 0 aromatic heterocycles. The van der Waals surface area contributed by atoms with Crippen LogP contribution in [-0.4, -0.2) is 47.6 Å². The molecule has 148 valence electrons. The summed E-state index contributed by atoms with van der Waals surface area (Å²) >= 11 is 0. The first kappa shape index (κ1) is 19.7. The number of rotatable bonds is 5. The van der Waals surface area contributed by atoms with Gasteiger partial charge in [-0.1, -0.05) is 0 Å². The predicted molar refractivity (Wildman–Crippen MR) is 93.4 cm³/mol. The summed E-state index contributed by atoms with van der Waals surface area (Å²) in [6.07, 6.45) is -1.13. The molecule has 5 nitrogen and oxygen atoms in total. The van der Waals surface area contributed by atoms with Gasteiger partial charge in [-0.2, -0.15) is 13.2 Å². The quantitative estimate of drug-likeness (QED) is 0.846. The van der Waals surface area contributed by atoms with E-state index < -0.39 is 17.7 Å². The van der Waals surface area contributed by atoms with Crippen LogP contribution in [0.1, 0.15) is 37.7 Å². The summed E-state index contributed by atoms with van der Waals surface area (Å²) in [5, 5.41) is 8.85. The van der Waals surface area contributed by atoms with Crippen molar-refractivity contribution in [3.8, 4) is 0 Å². The third kappa shape index (κ3) is 4.61. The van der Waals surface area contributed by atoms with Crippen LogP contribution in [0.25, 0.3) is 0 Å². The molecule has 0 aliphatic carbocycles. The summed E-state index contributed by atoms with van der Waals surface area (Å²) in [6, 6.07) is 4.40. The number of amides is 1. The molecule has 2 aliphatic heterocycles.